The second-order valence-electron chi connectivity index (χ2n) is 6.32. The molecule has 0 bridgehead atoms. The van der Waals surface area contributed by atoms with E-state index in [-0.39, 0.29) is 24.0 Å². The number of carbonyl (C=O) groups excluding carboxylic acids is 2. The van der Waals surface area contributed by atoms with Crippen LogP contribution in [-0.2, 0) is 4.79 Å². The van der Waals surface area contributed by atoms with Crippen LogP contribution in [0.15, 0.2) is 25.0 Å². The third-order valence-corrected chi connectivity index (χ3v) is 4.51. The Balaban J connectivity index is 1.73. The average molecular weight is 357 g/mol. The minimum atomic E-state index is -0.199. The smallest absolute Gasteiger partial charge is 0.255 e. The van der Waals surface area contributed by atoms with Crippen LogP contribution in [0, 0.1) is 0 Å². The predicted octanol–water partition coefficient (Wildman–Crippen LogP) is 1.65. The second-order valence-corrected chi connectivity index (χ2v) is 6.32. The van der Waals surface area contributed by atoms with Gasteiger partial charge in [0.15, 0.2) is 5.65 Å². The van der Waals surface area contributed by atoms with Crippen LogP contribution in [-0.4, -0.2) is 56.9 Å². The Bertz CT molecular complexity index is 831. The molecular formula is C18H23N5O3. The van der Waals surface area contributed by atoms with E-state index in [1.165, 1.54) is 6.08 Å². The number of fused-ring (bicyclic) bond motifs is 1. The molecule has 8 heteroatoms. The first kappa shape index (κ1) is 17.9. The number of hydrogen-bond acceptors (Lipinski definition) is 5. The highest BCUT2D eigenvalue weighted by Gasteiger charge is 2.29. The summed E-state index contributed by atoms with van der Waals surface area (Å²) in [5, 5.41) is 2.75. The van der Waals surface area contributed by atoms with Gasteiger partial charge < -0.3 is 19.9 Å². The number of nitrogens with zero attached hydrogens (tertiary/aromatic N) is 3. The molecule has 1 aliphatic heterocycles. The molecule has 0 spiro atoms. The maximum atomic E-state index is 12.1. The molecule has 8 nitrogen and oxygen atoms in total. The number of nitrogens with one attached hydrogen (secondary N) is 2. The van der Waals surface area contributed by atoms with Crippen molar-refractivity contribution in [2.45, 2.75) is 38.8 Å². The van der Waals surface area contributed by atoms with Crippen LogP contribution in [0.4, 0.5) is 0 Å². The van der Waals surface area contributed by atoms with Gasteiger partial charge in [-0.25, -0.2) is 9.97 Å². The molecule has 0 radical (unpaired) electrons. The van der Waals surface area contributed by atoms with Crippen LogP contribution in [0.3, 0.4) is 0 Å². The van der Waals surface area contributed by atoms with Gasteiger partial charge in [0.2, 0.25) is 11.8 Å². The van der Waals surface area contributed by atoms with E-state index in [0.717, 1.165) is 0 Å². The first-order chi connectivity index (χ1) is 12.5. The Morgan fingerprint density at radius 3 is 3.04 bits per heavy atom. The quantitative estimate of drug-likeness (QED) is 0.793. The second kappa shape index (κ2) is 7.55. The fourth-order valence-corrected chi connectivity index (χ4v) is 3.21. The van der Waals surface area contributed by atoms with Crippen LogP contribution in [0.5, 0.6) is 5.88 Å². The van der Waals surface area contributed by atoms with Crippen molar-refractivity contribution in [2.75, 3.05) is 13.1 Å². The first-order valence-electron chi connectivity index (χ1n) is 8.75. The average Bonchev–Trinajstić information content (AvgIpc) is 3.05. The van der Waals surface area contributed by atoms with Crippen LogP contribution in [0.25, 0.3) is 11.2 Å². The maximum absolute atomic E-state index is 12.1. The van der Waals surface area contributed by atoms with E-state index in [1.807, 2.05) is 13.8 Å². The van der Waals surface area contributed by atoms with Crippen molar-refractivity contribution in [3.05, 3.63) is 30.6 Å². The topological polar surface area (TPSA) is 100 Å². The van der Waals surface area contributed by atoms with Gasteiger partial charge in [-0.05, 0) is 19.9 Å². The number of likely N-dealkylation sites (tertiary alicyclic amines) is 1. The molecule has 0 saturated carbocycles. The molecule has 2 aromatic rings. The van der Waals surface area contributed by atoms with Crippen LogP contribution in [0.1, 0.15) is 37.0 Å². The molecular weight excluding hydrogens is 334 g/mol. The summed E-state index contributed by atoms with van der Waals surface area (Å²) >= 11 is 0. The third kappa shape index (κ3) is 3.54. The first-order valence-corrected chi connectivity index (χ1v) is 8.75. The summed E-state index contributed by atoms with van der Waals surface area (Å²) in [4.78, 5) is 37.4. The zero-order valence-electron chi connectivity index (χ0n) is 15.0. The predicted molar refractivity (Wildman–Crippen MR) is 96.9 cm³/mol. The molecule has 3 rings (SSSR count). The molecule has 0 aliphatic carbocycles. The minimum absolute atomic E-state index is 0.0579. The van der Waals surface area contributed by atoms with E-state index in [9.17, 15) is 9.59 Å². The van der Waals surface area contributed by atoms with E-state index in [2.05, 4.69) is 26.8 Å². The standard InChI is InChI=1S/C18H23N5O3/c1-4-15(24)23-7-6-12(8-11(23)3)26-14-10-21-17-16(22-14)13(9-20-17)18(25)19-5-2/h4,9-12H,1,5-8H2,2-3H3,(H,19,25)(H,20,21)/t11-,12+/m1/s1. The summed E-state index contributed by atoms with van der Waals surface area (Å²) in [7, 11) is 0. The lowest BCUT2D eigenvalue weighted by atomic mass is 10.0. The maximum Gasteiger partial charge on any atom is 0.255 e. The van der Waals surface area contributed by atoms with Gasteiger partial charge >= 0.3 is 0 Å². The van der Waals surface area contributed by atoms with Crippen molar-refractivity contribution in [3.63, 3.8) is 0 Å². The zero-order valence-corrected chi connectivity index (χ0v) is 15.0. The van der Waals surface area contributed by atoms with Crippen LogP contribution < -0.4 is 10.1 Å². The summed E-state index contributed by atoms with van der Waals surface area (Å²) in [5.41, 5.74) is 1.47. The summed E-state index contributed by atoms with van der Waals surface area (Å²) < 4.78 is 5.98. The number of ether oxygens (including phenoxy) is 1. The third-order valence-electron chi connectivity index (χ3n) is 4.51. The summed E-state index contributed by atoms with van der Waals surface area (Å²) in [6, 6.07) is 0.0640. The van der Waals surface area contributed by atoms with Crippen molar-refractivity contribution in [1.29, 1.82) is 0 Å². The number of aromatic amines is 1. The number of rotatable bonds is 5. The molecule has 1 fully saturated rings. The van der Waals surface area contributed by atoms with Crippen molar-refractivity contribution in [3.8, 4) is 5.88 Å². The van der Waals surface area contributed by atoms with Crippen molar-refractivity contribution < 1.29 is 14.3 Å². The Morgan fingerprint density at radius 2 is 2.35 bits per heavy atom. The van der Waals surface area contributed by atoms with E-state index in [0.29, 0.717) is 48.5 Å². The lowest BCUT2D eigenvalue weighted by Crippen LogP contribution is -2.46. The van der Waals surface area contributed by atoms with E-state index in [4.69, 9.17) is 4.74 Å². The molecule has 138 valence electrons. The van der Waals surface area contributed by atoms with Crippen molar-refractivity contribution >= 4 is 23.0 Å². The molecule has 2 amide bonds. The lowest BCUT2D eigenvalue weighted by Gasteiger charge is -2.36. The number of piperidine rings is 1. The van der Waals surface area contributed by atoms with Crippen LogP contribution >= 0.6 is 0 Å². The number of carbonyl (C=O) groups is 2. The van der Waals surface area contributed by atoms with Gasteiger partial charge in [0.25, 0.3) is 5.91 Å². The van der Waals surface area contributed by atoms with Crippen LogP contribution in [0.2, 0.25) is 0 Å². The minimum Gasteiger partial charge on any atom is -0.473 e. The molecule has 2 N–H and O–H groups in total. The fourth-order valence-electron chi connectivity index (χ4n) is 3.21. The number of hydrogen-bond donors (Lipinski definition) is 2. The zero-order chi connectivity index (χ0) is 18.7. The van der Waals surface area contributed by atoms with Gasteiger partial charge in [-0.2, -0.15) is 0 Å². The highest BCUT2D eigenvalue weighted by molar-refractivity contribution is 6.04. The Kier molecular flexibility index (Phi) is 5.20. The molecule has 0 unspecified atom stereocenters. The normalized spacial score (nSPS) is 20.0. The molecule has 0 aromatic carbocycles. The molecule has 1 saturated heterocycles. The number of H-pyrrole nitrogens is 1. The van der Waals surface area contributed by atoms with Crippen molar-refractivity contribution in [1.82, 2.24) is 25.2 Å². The lowest BCUT2D eigenvalue weighted by molar-refractivity contribution is -0.130. The van der Waals surface area contributed by atoms with Crippen molar-refractivity contribution in [2.24, 2.45) is 0 Å². The van der Waals surface area contributed by atoms with Gasteiger partial charge in [0, 0.05) is 38.2 Å². The summed E-state index contributed by atoms with van der Waals surface area (Å²) in [6.07, 6.45) is 5.84. The van der Waals surface area contributed by atoms with Gasteiger partial charge in [-0.15, -0.1) is 0 Å². The Hall–Kier alpha value is -2.90. The Labute approximate surface area is 151 Å². The molecule has 3 heterocycles. The Morgan fingerprint density at radius 1 is 1.54 bits per heavy atom. The SMILES string of the molecule is C=CC(=O)N1CC[C@H](Oc2cnc3[nH]cc(C(=O)NCC)c3n2)C[C@H]1C. The largest absolute Gasteiger partial charge is 0.473 e. The molecule has 2 atom stereocenters. The highest BCUT2D eigenvalue weighted by Crippen LogP contribution is 2.23. The van der Waals surface area contributed by atoms with Gasteiger partial charge in [-0.3, -0.25) is 9.59 Å². The number of aromatic nitrogens is 3. The highest BCUT2D eigenvalue weighted by atomic mass is 16.5. The fraction of sp³-hybridized carbons (Fsp3) is 0.444. The van der Waals surface area contributed by atoms with Gasteiger partial charge in [-0.1, -0.05) is 6.58 Å². The monoisotopic (exact) mass is 357 g/mol. The summed E-state index contributed by atoms with van der Waals surface area (Å²) in [6.45, 7) is 8.54. The molecule has 1 aliphatic rings. The van der Waals surface area contributed by atoms with Gasteiger partial charge in [0.1, 0.15) is 11.6 Å². The van der Waals surface area contributed by atoms with E-state index < -0.39 is 0 Å². The molecule has 2 aromatic heterocycles. The number of amides is 2. The molecule has 26 heavy (non-hydrogen) atoms. The van der Waals surface area contributed by atoms with E-state index in [1.54, 1.807) is 17.3 Å². The summed E-state index contributed by atoms with van der Waals surface area (Å²) in [5.74, 6) is 0.120. The van der Waals surface area contributed by atoms with E-state index >= 15 is 0 Å². The van der Waals surface area contributed by atoms with Gasteiger partial charge in [0.05, 0.1) is 11.8 Å².